The van der Waals surface area contributed by atoms with Gasteiger partial charge in [-0.05, 0) is 31.2 Å². The number of nitrogens with zero attached hydrogens (tertiary/aromatic N) is 3. The van der Waals surface area contributed by atoms with E-state index in [0.29, 0.717) is 6.61 Å². The second-order valence-corrected chi connectivity index (χ2v) is 5.03. The maximum Gasteiger partial charge on any atom is 0.207 e. The van der Waals surface area contributed by atoms with Crippen molar-refractivity contribution >= 4 is 17.3 Å². The Labute approximate surface area is 120 Å². The summed E-state index contributed by atoms with van der Waals surface area (Å²) >= 11 is 0. The molecule has 0 saturated heterocycles. The molecule has 0 aliphatic heterocycles. The van der Waals surface area contributed by atoms with Crippen molar-refractivity contribution in [3.8, 4) is 0 Å². The fourth-order valence-electron chi connectivity index (χ4n) is 2.06. The molecule has 1 aromatic heterocycles. The monoisotopic (exact) mass is 274 g/mol. The van der Waals surface area contributed by atoms with Gasteiger partial charge in [0.25, 0.3) is 0 Å². The number of aromatic nitrogens is 2. The largest absolute Gasteiger partial charge is 0.383 e. The zero-order valence-electron chi connectivity index (χ0n) is 12.5. The fourth-order valence-corrected chi connectivity index (χ4v) is 2.06. The third-order valence-electron chi connectivity index (χ3n) is 3.19. The smallest absolute Gasteiger partial charge is 0.207 e. The lowest BCUT2D eigenvalue weighted by molar-refractivity contribution is 0.163. The van der Waals surface area contributed by atoms with Gasteiger partial charge in [-0.3, -0.25) is 0 Å². The van der Waals surface area contributed by atoms with Gasteiger partial charge in [0.2, 0.25) is 5.95 Å². The lowest BCUT2D eigenvalue weighted by atomic mass is 10.2. The molecule has 2 aromatic rings. The Bertz CT molecular complexity index is 533. The van der Waals surface area contributed by atoms with Gasteiger partial charge in [-0.25, -0.2) is 4.98 Å². The van der Waals surface area contributed by atoms with Crippen LogP contribution in [0.1, 0.15) is 13.0 Å². The van der Waals surface area contributed by atoms with E-state index in [2.05, 4.69) is 51.0 Å². The van der Waals surface area contributed by atoms with E-state index in [0.717, 1.165) is 11.6 Å². The van der Waals surface area contributed by atoms with Gasteiger partial charge in [-0.2, -0.15) is 0 Å². The van der Waals surface area contributed by atoms with Crippen molar-refractivity contribution in [2.75, 3.05) is 38.0 Å². The molecule has 2 rings (SSSR count). The average Bonchev–Trinajstić information content (AvgIpc) is 2.88. The molecule has 0 spiro atoms. The third-order valence-corrected chi connectivity index (χ3v) is 3.19. The number of hydrogen-bond acceptors (Lipinski definition) is 4. The van der Waals surface area contributed by atoms with Gasteiger partial charge < -0.3 is 19.5 Å². The van der Waals surface area contributed by atoms with E-state index in [1.807, 2.05) is 20.3 Å². The summed E-state index contributed by atoms with van der Waals surface area (Å²) in [6.07, 6.45) is 3.75. The molecule has 0 amide bonds. The Morgan fingerprint density at radius 3 is 2.60 bits per heavy atom. The van der Waals surface area contributed by atoms with Crippen molar-refractivity contribution < 1.29 is 4.74 Å². The van der Waals surface area contributed by atoms with Gasteiger partial charge in [0, 0.05) is 45.0 Å². The summed E-state index contributed by atoms with van der Waals surface area (Å²) in [7, 11) is 5.77. The van der Waals surface area contributed by atoms with E-state index < -0.39 is 0 Å². The highest BCUT2D eigenvalue weighted by molar-refractivity contribution is 5.59. The number of imidazole rings is 1. The van der Waals surface area contributed by atoms with E-state index in [1.54, 1.807) is 13.3 Å². The first kappa shape index (κ1) is 14.4. The Kier molecular flexibility index (Phi) is 4.63. The number of methoxy groups -OCH3 is 1. The second-order valence-electron chi connectivity index (χ2n) is 5.03. The number of rotatable bonds is 6. The third kappa shape index (κ3) is 3.30. The quantitative estimate of drug-likeness (QED) is 0.879. The molecule has 108 valence electrons. The van der Waals surface area contributed by atoms with Crippen LogP contribution in [-0.2, 0) is 4.74 Å². The molecule has 0 saturated carbocycles. The van der Waals surface area contributed by atoms with E-state index in [4.69, 9.17) is 4.74 Å². The number of ether oxygens (including phenoxy) is 1. The average molecular weight is 274 g/mol. The van der Waals surface area contributed by atoms with Crippen molar-refractivity contribution in [1.29, 1.82) is 0 Å². The van der Waals surface area contributed by atoms with Crippen LogP contribution in [0.3, 0.4) is 0 Å². The number of benzene rings is 1. The summed E-state index contributed by atoms with van der Waals surface area (Å²) in [5.74, 6) is 0.826. The zero-order chi connectivity index (χ0) is 14.5. The van der Waals surface area contributed by atoms with E-state index in [9.17, 15) is 0 Å². The van der Waals surface area contributed by atoms with Gasteiger partial charge in [0.15, 0.2) is 0 Å². The topological polar surface area (TPSA) is 42.3 Å². The lowest BCUT2D eigenvalue weighted by Gasteiger charge is -2.17. The molecule has 5 nitrogen and oxygen atoms in total. The highest BCUT2D eigenvalue weighted by atomic mass is 16.5. The van der Waals surface area contributed by atoms with Crippen LogP contribution in [-0.4, -0.2) is 37.4 Å². The Hall–Kier alpha value is -2.01. The summed E-state index contributed by atoms with van der Waals surface area (Å²) in [4.78, 5) is 6.43. The van der Waals surface area contributed by atoms with Crippen LogP contribution >= 0.6 is 0 Å². The normalized spacial score (nSPS) is 12.2. The lowest BCUT2D eigenvalue weighted by Crippen LogP contribution is -2.13. The summed E-state index contributed by atoms with van der Waals surface area (Å²) in [6, 6.07) is 8.50. The van der Waals surface area contributed by atoms with Crippen LogP contribution < -0.4 is 10.2 Å². The van der Waals surface area contributed by atoms with Crippen molar-refractivity contribution in [2.45, 2.75) is 13.0 Å². The van der Waals surface area contributed by atoms with Gasteiger partial charge in [-0.1, -0.05) is 0 Å². The van der Waals surface area contributed by atoms with Crippen LogP contribution in [0.2, 0.25) is 0 Å². The maximum absolute atomic E-state index is 5.19. The van der Waals surface area contributed by atoms with E-state index >= 15 is 0 Å². The maximum atomic E-state index is 5.19. The predicted molar refractivity (Wildman–Crippen MR) is 82.9 cm³/mol. The SMILES string of the molecule is COCC(C)n1ccnc1Nc1ccc(N(C)C)cc1. The Morgan fingerprint density at radius 1 is 1.30 bits per heavy atom. The molecule has 1 aromatic carbocycles. The fraction of sp³-hybridized carbons (Fsp3) is 0.400. The molecule has 1 unspecified atom stereocenters. The summed E-state index contributed by atoms with van der Waals surface area (Å²) < 4.78 is 7.27. The van der Waals surface area contributed by atoms with Crippen LogP contribution in [0.4, 0.5) is 17.3 Å². The molecule has 5 heteroatoms. The van der Waals surface area contributed by atoms with Crippen LogP contribution in [0, 0.1) is 0 Å². The first-order chi connectivity index (χ1) is 9.61. The summed E-state index contributed by atoms with van der Waals surface area (Å²) in [5, 5.41) is 3.34. The molecule has 1 N–H and O–H groups in total. The first-order valence-corrected chi connectivity index (χ1v) is 6.68. The molecule has 20 heavy (non-hydrogen) atoms. The van der Waals surface area contributed by atoms with Gasteiger partial charge >= 0.3 is 0 Å². The Balaban J connectivity index is 2.12. The molecular formula is C15H22N4O. The van der Waals surface area contributed by atoms with Crippen LogP contribution in [0.15, 0.2) is 36.7 Å². The molecule has 1 atom stereocenters. The minimum Gasteiger partial charge on any atom is -0.383 e. The number of hydrogen-bond donors (Lipinski definition) is 1. The molecule has 0 fully saturated rings. The zero-order valence-corrected chi connectivity index (χ0v) is 12.5. The molecule has 0 radical (unpaired) electrons. The minimum absolute atomic E-state index is 0.242. The van der Waals surface area contributed by atoms with Crippen molar-refractivity contribution in [2.24, 2.45) is 0 Å². The molecular weight excluding hydrogens is 252 g/mol. The minimum atomic E-state index is 0.242. The highest BCUT2D eigenvalue weighted by Gasteiger charge is 2.09. The van der Waals surface area contributed by atoms with Gasteiger partial charge in [-0.15, -0.1) is 0 Å². The molecule has 0 bridgehead atoms. The number of anilines is 3. The van der Waals surface area contributed by atoms with Crippen molar-refractivity contribution in [3.63, 3.8) is 0 Å². The number of nitrogens with one attached hydrogen (secondary N) is 1. The summed E-state index contributed by atoms with van der Waals surface area (Å²) in [5.41, 5.74) is 2.19. The van der Waals surface area contributed by atoms with Crippen molar-refractivity contribution in [3.05, 3.63) is 36.7 Å². The standard InChI is InChI=1S/C15H22N4O/c1-12(11-20-4)19-10-9-16-15(19)17-13-5-7-14(8-6-13)18(2)3/h5-10,12H,11H2,1-4H3,(H,16,17). The van der Waals surface area contributed by atoms with Crippen LogP contribution in [0.25, 0.3) is 0 Å². The second kappa shape index (κ2) is 6.43. The first-order valence-electron chi connectivity index (χ1n) is 6.68. The highest BCUT2D eigenvalue weighted by Crippen LogP contribution is 2.21. The van der Waals surface area contributed by atoms with Crippen molar-refractivity contribution in [1.82, 2.24) is 9.55 Å². The summed E-state index contributed by atoms with van der Waals surface area (Å²) in [6.45, 7) is 2.76. The molecule has 0 aliphatic carbocycles. The molecule has 0 aliphatic rings. The van der Waals surface area contributed by atoms with Gasteiger partial charge in [0.05, 0.1) is 12.6 Å². The molecule has 1 heterocycles. The van der Waals surface area contributed by atoms with E-state index in [-0.39, 0.29) is 6.04 Å². The van der Waals surface area contributed by atoms with Crippen LogP contribution in [0.5, 0.6) is 0 Å². The predicted octanol–water partition coefficient (Wildman–Crippen LogP) is 2.90. The Morgan fingerprint density at radius 2 is 2.00 bits per heavy atom. The van der Waals surface area contributed by atoms with Gasteiger partial charge in [0.1, 0.15) is 0 Å². The van der Waals surface area contributed by atoms with E-state index in [1.165, 1.54) is 5.69 Å².